The van der Waals surface area contributed by atoms with Gasteiger partial charge in [-0.25, -0.2) is 4.98 Å². The van der Waals surface area contributed by atoms with Crippen molar-refractivity contribution in [3.63, 3.8) is 0 Å². The maximum atomic E-state index is 13.7. The largest absolute Gasteiger partial charge is 0.481 e. The lowest BCUT2D eigenvalue weighted by Gasteiger charge is -2.18. The number of aromatic nitrogens is 1. The van der Waals surface area contributed by atoms with E-state index in [0.29, 0.717) is 17.1 Å². The zero-order valence-electron chi connectivity index (χ0n) is 17.1. The van der Waals surface area contributed by atoms with Gasteiger partial charge in [0, 0.05) is 17.6 Å². The number of carbonyl (C=O) groups is 1. The Morgan fingerprint density at radius 1 is 1.12 bits per heavy atom. The highest BCUT2D eigenvalue weighted by molar-refractivity contribution is 6.06. The van der Waals surface area contributed by atoms with Gasteiger partial charge in [0.25, 0.3) is 0 Å². The van der Waals surface area contributed by atoms with Crippen LogP contribution in [0.5, 0.6) is 5.88 Å². The van der Waals surface area contributed by atoms with E-state index in [-0.39, 0.29) is 24.3 Å². The number of anilines is 1. The van der Waals surface area contributed by atoms with Crippen LogP contribution in [0.2, 0.25) is 0 Å². The zero-order chi connectivity index (χ0) is 23.1. The average molecular weight is 440 g/mol. The van der Waals surface area contributed by atoms with E-state index >= 15 is 0 Å². The molecule has 0 saturated carbocycles. The molecule has 32 heavy (non-hydrogen) atoms. The Morgan fingerprint density at radius 3 is 2.47 bits per heavy atom. The maximum Gasteiger partial charge on any atom is 0.417 e. The summed E-state index contributed by atoms with van der Waals surface area (Å²) in [4.78, 5) is 17.8. The van der Waals surface area contributed by atoms with Crippen molar-refractivity contribution in [2.45, 2.75) is 6.18 Å². The second-order valence-electron chi connectivity index (χ2n) is 6.61. The molecule has 0 aliphatic rings. The standard InChI is InChI=1S/C24H19F3N2O3/c1-32-22-11-9-19(16-28-22)29(13-14-30)23(31)12-8-17-7-10-20(18-5-3-2-4-6-18)21(15-17)24(25,26)27/h2-7,9-11,15-16,30H,13-14H2,1H3. The second-order valence-corrected chi connectivity index (χ2v) is 6.61. The molecular formula is C24H19F3N2O3. The molecule has 0 aliphatic carbocycles. The molecule has 1 N–H and O–H groups in total. The Bertz CT molecular complexity index is 1140. The van der Waals surface area contributed by atoms with Gasteiger partial charge in [0.15, 0.2) is 0 Å². The van der Waals surface area contributed by atoms with Gasteiger partial charge in [-0.05, 0) is 29.3 Å². The lowest BCUT2D eigenvalue weighted by atomic mass is 9.97. The van der Waals surface area contributed by atoms with Gasteiger partial charge in [-0.3, -0.25) is 9.69 Å². The summed E-state index contributed by atoms with van der Waals surface area (Å²) >= 11 is 0. The average Bonchev–Trinajstić information content (AvgIpc) is 2.81. The fraction of sp³-hybridized carbons (Fsp3) is 0.167. The Hall–Kier alpha value is -3.83. The number of carbonyl (C=O) groups excluding carboxylic acids is 1. The summed E-state index contributed by atoms with van der Waals surface area (Å²) in [6, 6.07) is 15.0. The molecule has 0 fully saturated rings. The lowest BCUT2D eigenvalue weighted by molar-refractivity contribution is -0.137. The van der Waals surface area contributed by atoms with Crippen LogP contribution < -0.4 is 9.64 Å². The number of nitrogens with zero attached hydrogens (tertiary/aromatic N) is 2. The highest BCUT2D eigenvalue weighted by Crippen LogP contribution is 2.37. The lowest BCUT2D eigenvalue weighted by Crippen LogP contribution is -2.32. The van der Waals surface area contributed by atoms with E-state index in [0.717, 1.165) is 6.07 Å². The Morgan fingerprint density at radius 2 is 1.88 bits per heavy atom. The first-order chi connectivity index (χ1) is 15.3. The van der Waals surface area contributed by atoms with Gasteiger partial charge in [0.2, 0.25) is 5.88 Å². The molecule has 164 valence electrons. The van der Waals surface area contributed by atoms with Crippen LogP contribution in [0.1, 0.15) is 11.1 Å². The molecule has 0 unspecified atom stereocenters. The summed E-state index contributed by atoms with van der Waals surface area (Å²) in [5.74, 6) is 4.50. The van der Waals surface area contributed by atoms with Crippen LogP contribution in [0.25, 0.3) is 11.1 Å². The predicted molar refractivity (Wildman–Crippen MR) is 114 cm³/mol. The van der Waals surface area contributed by atoms with E-state index in [4.69, 9.17) is 4.74 Å². The summed E-state index contributed by atoms with van der Waals surface area (Å²) in [5, 5.41) is 9.29. The predicted octanol–water partition coefficient (Wildman–Crippen LogP) is 4.15. The Kier molecular flexibility index (Phi) is 7.13. The van der Waals surface area contributed by atoms with Crippen molar-refractivity contribution >= 4 is 11.6 Å². The minimum Gasteiger partial charge on any atom is -0.481 e. The van der Waals surface area contributed by atoms with Crippen LogP contribution in [0.15, 0.2) is 66.9 Å². The molecule has 5 nitrogen and oxygen atoms in total. The first-order valence-electron chi connectivity index (χ1n) is 9.54. The fourth-order valence-corrected chi connectivity index (χ4v) is 3.02. The quantitative estimate of drug-likeness (QED) is 0.606. The molecule has 0 radical (unpaired) electrons. The van der Waals surface area contributed by atoms with E-state index in [1.807, 2.05) is 0 Å². The van der Waals surface area contributed by atoms with Crippen molar-refractivity contribution in [2.75, 3.05) is 25.2 Å². The van der Waals surface area contributed by atoms with E-state index in [1.165, 1.54) is 30.3 Å². The minimum absolute atomic E-state index is 0.0289. The van der Waals surface area contributed by atoms with Gasteiger partial charge >= 0.3 is 12.1 Å². The monoisotopic (exact) mass is 440 g/mol. The van der Waals surface area contributed by atoms with E-state index in [9.17, 15) is 23.1 Å². The van der Waals surface area contributed by atoms with Crippen molar-refractivity contribution < 1.29 is 27.8 Å². The molecule has 3 aromatic rings. The number of pyridine rings is 1. The molecule has 3 rings (SSSR count). The normalized spacial score (nSPS) is 10.8. The first-order valence-corrected chi connectivity index (χ1v) is 9.54. The van der Waals surface area contributed by atoms with E-state index in [2.05, 4.69) is 16.8 Å². The molecule has 1 heterocycles. The number of amides is 1. The summed E-state index contributed by atoms with van der Waals surface area (Å²) in [7, 11) is 1.45. The van der Waals surface area contributed by atoms with Gasteiger partial charge in [0.1, 0.15) is 0 Å². The number of halogens is 3. The molecule has 0 atom stereocenters. The third-order valence-corrected chi connectivity index (χ3v) is 4.53. The van der Waals surface area contributed by atoms with E-state index in [1.54, 1.807) is 42.5 Å². The van der Waals surface area contributed by atoms with Crippen LogP contribution in [0, 0.1) is 11.8 Å². The SMILES string of the molecule is COc1ccc(N(CCO)C(=O)C#Cc2ccc(-c3ccccc3)c(C(F)(F)F)c2)cn1. The number of ether oxygens (including phenoxy) is 1. The third-order valence-electron chi connectivity index (χ3n) is 4.53. The fourth-order valence-electron chi connectivity index (χ4n) is 3.02. The number of benzene rings is 2. The van der Waals surface area contributed by atoms with E-state index < -0.39 is 17.6 Å². The number of aliphatic hydroxyl groups excluding tert-OH is 1. The number of rotatable bonds is 5. The molecule has 8 heteroatoms. The van der Waals surface area contributed by atoms with Gasteiger partial charge < -0.3 is 9.84 Å². The molecule has 0 bridgehead atoms. The van der Waals surface area contributed by atoms with Crippen LogP contribution in [0.4, 0.5) is 18.9 Å². The van der Waals surface area contributed by atoms with Gasteiger partial charge in [0.05, 0.1) is 37.7 Å². The zero-order valence-corrected chi connectivity index (χ0v) is 17.1. The highest BCUT2D eigenvalue weighted by Gasteiger charge is 2.33. The molecular weight excluding hydrogens is 421 g/mol. The van der Waals surface area contributed by atoms with Gasteiger partial charge in [-0.1, -0.05) is 42.3 Å². The highest BCUT2D eigenvalue weighted by atomic mass is 19.4. The molecule has 0 aliphatic heterocycles. The smallest absolute Gasteiger partial charge is 0.417 e. The summed E-state index contributed by atoms with van der Waals surface area (Å²) < 4.78 is 45.9. The number of hydrogen-bond donors (Lipinski definition) is 1. The minimum atomic E-state index is -4.59. The molecule has 0 saturated heterocycles. The Balaban J connectivity index is 1.92. The summed E-state index contributed by atoms with van der Waals surface area (Å²) in [6.45, 7) is -0.383. The third kappa shape index (κ3) is 5.45. The van der Waals surface area contributed by atoms with Crippen LogP contribution in [0.3, 0.4) is 0 Å². The topological polar surface area (TPSA) is 62.7 Å². The molecule has 0 spiro atoms. The van der Waals surface area contributed by atoms with Crippen molar-refractivity contribution in [3.8, 4) is 28.8 Å². The van der Waals surface area contributed by atoms with Crippen LogP contribution in [-0.4, -0.2) is 36.3 Å². The summed E-state index contributed by atoms with van der Waals surface area (Å²) in [6.07, 6.45) is -3.21. The molecule has 1 amide bonds. The van der Waals surface area contributed by atoms with Gasteiger partial charge in [-0.2, -0.15) is 13.2 Å². The van der Waals surface area contributed by atoms with Crippen molar-refractivity contribution in [2.24, 2.45) is 0 Å². The maximum absolute atomic E-state index is 13.7. The molecule has 1 aromatic heterocycles. The van der Waals surface area contributed by atoms with Crippen molar-refractivity contribution in [3.05, 3.63) is 78.0 Å². The first kappa shape index (κ1) is 22.8. The van der Waals surface area contributed by atoms with Crippen molar-refractivity contribution in [1.29, 1.82) is 0 Å². The van der Waals surface area contributed by atoms with Crippen molar-refractivity contribution in [1.82, 2.24) is 4.98 Å². The number of hydrogen-bond acceptors (Lipinski definition) is 4. The summed E-state index contributed by atoms with van der Waals surface area (Å²) in [5.41, 5.74) is 0.0314. The number of aliphatic hydroxyl groups is 1. The number of alkyl halides is 3. The van der Waals surface area contributed by atoms with Crippen LogP contribution in [-0.2, 0) is 11.0 Å². The second kappa shape index (κ2) is 9.98. The number of methoxy groups -OCH3 is 1. The Labute approximate surface area is 183 Å². The van der Waals surface area contributed by atoms with Crippen LogP contribution >= 0.6 is 0 Å². The van der Waals surface area contributed by atoms with Gasteiger partial charge in [-0.15, -0.1) is 0 Å². The molecule has 2 aromatic carbocycles.